The van der Waals surface area contributed by atoms with Gasteiger partial charge in [0.15, 0.2) is 0 Å². The summed E-state index contributed by atoms with van der Waals surface area (Å²) in [5, 5.41) is 6.08. The summed E-state index contributed by atoms with van der Waals surface area (Å²) in [6.07, 6.45) is 2.39. The first-order valence-electron chi connectivity index (χ1n) is 10.0. The van der Waals surface area contributed by atoms with Crippen LogP contribution in [0.2, 0.25) is 0 Å². The lowest BCUT2D eigenvalue weighted by Gasteiger charge is -2.05. The van der Waals surface area contributed by atoms with E-state index in [1.807, 2.05) is 13.8 Å². The standard InChI is InChI=1S/C22H21N3.C2H6.H2/c1-14-4-5-16-12-17(7-6-15(16)11-14)18-8-9-19-21(13-18)25-22(24-19)20-3-2-10-23-20;1-2;/h4-9,11-13,20,23H,2-3,10H2,1H3,(H,24,25);1-2H3;1H. The van der Waals surface area contributed by atoms with Gasteiger partial charge in [0.25, 0.3) is 0 Å². The third-order valence-electron chi connectivity index (χ3n) is 5.22. The van der Waals surface area contributed by atoms with Crippen LogP contribution in [0.5, 0.6) is 0 Å². The molecule has 0 bridgehead atoms. The molecule has 2 N–H and O–H groups in total. The van der Waals surface area contributed by atoms with Gasteiger partial charge < -0.3 is 10.3 Å². The predicted molar refractivity (Wildman–Crippen MR) is 117 cm³/mol. The summed E-state index contributed by atoms with van der Waals surface area (Å²) in [6, 6.07) is 20.2. The molecule has 1 unspecified atom stereocenters. The minimum absolute atomic E-state index is 0. The van der Waals surface area contributed by atoms with Crippen LogP contribution in [0, 0.1) is 6.92 Å². The molecule has 0 amide bonds. The zero-order chi connectivity index (χ0) is 18.8. The van der Waals surface area contributed by atoms with E-state index in [2.05, 4.69) is 71.8 Å². The van der Waals surface area contributed by atoms with Crippen LogP contribution < -0.4 is 5.32 Å². The largest absolute Gasteiger partial charge is 0.341 e. The molecule has 1 saturated heterocycles. The molecule has 2 heterocycles. The van der Waals surface area contributed by atoms with E-state index in [0.29, 0.717) is 6.04 Å². The molecule has 1 aliphatic rings. The molecular weight excluding hydrogens is 330 g/mol. The van der Waals surface area contributed by atoms with Crippen molar-refractivity contribution < 1.29 is 1.43 Å². The number of H-pyrrole nitrogens is 1. The molecule has 3 heteroatoms. The zero-order valence-electron chi connectivity index (χ0n) is 16.3. The van der Waals surface area contributed by atoms with Gasteiger partial charge in [-0.05, 0) is 66.4 Å². The van der Waals surface area contributed by atoms with Crippen molar-refractivity contribution in [3.8, 4) is 11.1 Å². The van der Waals surface area contributed by atoms with Crippen LogP contribution in [0.4, 0.5) is 0 Å². The molecular formula is C24H29N3. The zero-order valence-corrected chi connectivity index (χ0v) is 16.3. The van der Waals surface area contributed by atoms with Crippen LogP contribution in [0.1, 0.15) is 45.5 Å². The predicted octanol–water partition coefficient (Wildman–Crippen LogP) is 6.39. The van der Waals surface area contributed by atoms with Crippen molar-refractivity contribution in [2.24, 2.45) is 0 Å². The van der Waals surface area contributed by atoms with Gasteiger partial charge in [0, 0.05) is 1.43 Å². The Bertz CT molecular complexity index is 1080. The third kappa shape index (κ3) is 3.47. The maximum absolute atomic E-state index is 4.77. The monoisotopic (exact) mass is 359 g/mol. The lowest BCUT2D eigenvalue weighted by molar-refractivity contribution is 0.614. The molecule has 0 aliphatic carbocycles. The minimum Gasteiger partial charge on any atom is -0.341 e. The second kappa shape index (κ2) is 7.53. The topological polar surface area (TPSA) is 40.7 Å². The van der Waals surface area contributed by atoms with Crippen LogP contribution in [-0.4, -0.2) is 16.5 Å². The van der Waals surface area contributed by atoms with Crippen LogP contribution in [0.15, 0.2) is 54.6 Å². The van der Waals surface area contributed by atoms with E-state index in [1.165, 1.54) is 33.9 Å². The van der Waals surface area contributed by atoms with E-state index in [-0.39, 0.29) is 1.43 Å². The van der Waals surface area contributed by atoms with Gasteiger partial charge in [-0.1, -0.05) is 55.8 Å². The Labute approximate surface area is 162 Å². The van der Waals surface area contributed by atoms with Gasteiger partial charge in [-0.3, -0.25) is 0 Å². The molecule has 4 aromatic rings. The highest BCUT2D eigenvalue weighted by Gasteiger charge is 2.19. The molecule has 27 heavy (non-hydrogen) atoms. The number of nitrogens with zero attached hydrogens (tertiary/aromatic N) is 1. The molecule has 5 rings (SSSR count). The number of benzene rings is 3. The smallest absolute Gasteiger partial charge is 0.124 e. The number of aryl methyl sites for hydroxylation is 1. The summed E-state index contributed by atoms with van der Waals surface area (Å²) in [5.41, 5.74) is 5.93. The second-order valence-electron chi connectivity index (χ2n) is 7.07. The van der Waals surface area contributed by atoms with Crippen molar-refractivity contribution >= 4 is 21.8 Å². The molecule has 1 fully saturated rings. The quantitative estimate of drug-likeness (QED) is 0.435. The number of aromatic nitrogens is 2. The summed E-state index contributed by atoms with van der Waals surface area (Å²) >= 11 is 0. The van der Waals surface area contributed by atoms with Crippen molar-refractivity contribution in [3.05, 3.63) is 66.0 Å². The Morgan fingerprint density at radius 1 is 0.926 bits per heavy atom. The van der Waals surface area contributed by atoms with Crippen LogP contribution in [0.3, 0.4) is 0 Å². The van der Waals surface area contributed by atoms with Gasteiger partial charge in [-0.25, -0.2) is 4.98 Å². The first-order valence-corrected chi connectivity index (χ1v) is 10.0. The van der Waals surface area contributed by atoms with Crippen molar-refractivity contribution in [1.82, 2.24) is 15.3 Å². The van der Waals surface area contributed by atoms with Crippen LogP contribution in [-0.2, 0) is 0 Å². The van der Waals surface area contributed by atoms with Gasteiger partial charge in [0.05, 0.1) is 17.1 Å². The Hall–Kier alpha value is -2.65. The van der Waals surface area contributed by atoms with Crippen LogP contribution in [0.25, 0.3) is 32.9 Å². The van der Waals surface area contributed by atoms with Crippen molar-refractivity contribution in [3.63, 3.8) is 0 Å². The molecule has 3 nitrogen and oxygen atoms in total. The van der Waals surface area contributed by atoms with E-state index < -0.39 is 0 Å². The Morgan fingerprint density at radius 3 is 2.48 bits per heavy atom. The summed E-state index contributed by atoms with van der Waals surface area (Å²) in [5.74, 6) is 1.07. The fraction of sp³-hybridized carbons (Fsp3) is 0.292. The highest BCUT2D eigenvalue weighted by Crippen LogP contribution is 2.29. The normalized spacial score (nSPS) is 16.5. The number of hydrogen-bond donors (Lipinski definition) is 2. The molecule has 0 spiro atoms. The SMILES string of the molecule is CC.Cc1ccc2cc(-c3ccc4nc(C5CCCN5)[nH]c4c3)ccc2c1.[HH]. The molecule has 3 aromatic carbocycles. The summed E-state index contributed by atoms with van der Waals surface area (Å²) in [7, 11) is 0. The van der Waals surface area contributed by atoms with Gasteiger partial charge in [-0.15, -0.1) is 0 Å². The van der Waals surface area contributed by atoms with Crippen molar-refractivity contribution in [2.45, 2.75) is 39.7 Å². The van der Waals surface area contributed by atoms with Gasteiger partial charge >= 0.3 is 0 Å². The highest BCUT2D eigenvalue weighted by molar-refractivity contribution is 5.89. The third-order valence-corrected chi connectivity index (χ3v) is 5.22. The summed E-state index contributed by atoms with van der Waals surface area (Å²) < 4.78 is 0. The number of rotatable bonds is 2. The Balaban J connectivity index is 0.000000728. The number of imidazole rings is 1. The van der Waals surface area contributed by atoms with Crippen LogP contribution >= 0.6 is 0 Å². The lowest BCUT2D eigenvalue weighted by atomic mass is 10.00. The number of aromatic amines is 1. The first kappa shape index (κ1) is 17.7. The van der Waals surface area contributed by atoms with Gasteiger partial charge in [0.1, 0.15) is 5.82 Å². The number of hydrogen-bond acceptors (Lipinski definition) is 2. The van der Waals surface area contributed by atoms with E-state index in [4.69, 9.17) is 4.98 Å². The molecule has 0 radical (unpaired) electrons. The maximum Gasteiger partial charge on any atom is 0.124 e. The van der Waals surface area contributed by atoms with Crippen molar-refractivity contribution in [1.29, 1.82) is 0 Å². The number of fused-ring (bicyclic) bond motifs is 2. The molecule has 1 aliphatic heterocycles. The summed E-state index contributed by atoms with van der Waals surface area (Å²) in [6.45, 7) is 7.22. The fourth-order valence-electron chi connectivity index (χ4n) is 3.84. The second-order valence-corrected chi connectivity index (χ2v) is 7.07. The lowest BCUT2D eigenvalue weighted by Crippen LogP contribution is -2.13. The highest BCUT2D eigenvalue weighted by atomic mass is 15.0. The summed E-state index contributed by atoms with van der Waals surface area (Å²) in [4.78, 5) is 8.29. The molecule has 0 saturated carbocycles. The average molecular weight is 360 g/mol. The number of nitrogens with one attached hydrogen (secondary N) is 2. The molecule has 1 aromatic heterocycles. The van der Waals surface area contributed by atoms with Gasteiger partial charge in [-0.2, -0.15) is 0 Å². The van der Waals surface area contributed by atoms with E-state index in [9.17, 15) is 0 Å². The first-order chi connectivity index (χ1) is 13.3. The van der Waals surface area contributed by atoms with E-state index in [1.54, 1.807) is 0 Å². The Kier molecular flexibility index (Phi) is 4.95. The maximum atomic E-state index is 4.77. The fourth-order valence-corrected chi connectivity index (χ4v) is 3.84. The van der Waals surface area contributed by atoms with Crippen molar-refractivity contribution in [2.75, 3.05) is 6.54 Å². The molecule has 140 valence electrons. The average Bonchev–Trinajstić information content (AvgIpc) is 3.38. The minimum atomic E-state index is 0. The van der Waals surface area contributed by atoms with Gasteiger partial charge in [0.2, 0.25) is 0 Å². The molecule has 1 atom stereocenters. The Morgan fingerprint density at radius 2 is 1.67 bits per heavy atom. The van der Waals surface area contributed by atoms with E-state index in [0.717, 1.165) is 29.8 Å². The van der Waals surface area contributed by atoms with E-state index >= 15 is 0 Å².